The van der Waals surface area contributed by atoms with E-state index in [1.54, 1.807) is 18.2 Å². The highest BCUT2D eigenvalue weighted by Crippen LogP contribution is 2.22. The largest absolute Gasteiger partial charge is 0.398 e. The number of rotatable bonds is 2. The lowest BCUT2D eigenvalue weighted by Gasteiger charge is -2.06. The van der Waals surface area contributed by atoms with Gasteiger partial charge in [-0.15, -0.1) is 0 Å². The van der Waals surface area contributed by atoms with E-state index in [1.807, 2.05) is 0 Å². The zero-order chi connectivity index (χ0) is 11.5. The average molecular weight is 238 g/mol. The van der Waals surface area contributed by atoms with Crippen molar-refractivity contribution in [2.45, 2.75) is 0 Å². The van der Waals surface area contributed by atoms with E-state index >= 15 is 0 Å². The van der Waals surface area contributed by atoms with Crippen LogP contribution in [0.15, 0.2) is 35.2 Å². The summed E-state index contributed by atoms with van der Waals surface area (Å²) >= 11 is 5.88. The Bertz CT molecular complexity index is 491. The van der Waals surface area contributed by atoms with Crippen LogP contribution < -0.4 is 11.1 Å². The van der Waals surface area contributed by atoms with Crippen LogP contribution in [0.2, 0.25) is 5.02 Å². The fourth-order valence-corrected chi connectivity index (χ4v) is 1.51. The normalized spacial score (nSPS) is 10.1. The second-order valence-electron chi connectivity index (χ2n) is 3.07. The monoisotopic (exact) mass is 237 g/mol. The van der Waals surface area contributed by atoms with Gasteiger partial charge in [-0.3, -0.25) is 4.79 Å². The van der Waals surface area contributed by atoms with Crippen LogP contribution in [0, 0.1) is 0 Å². The molecule has 0 saturated carbocycles. The van der Waals surface area contributed by atoms with Crippen LogP contribution in [0.1, 0.15) is 10.4 Å². The van der Waals surface area contributed by atoms with Crippen molar-refractivity contribution < 1.29 is 9.32 Å². The number of halogens is 1. The van der Waals surface area contributed by atoms with Crippen LogP contribution in [0.25, 0.3) is 0 Å². The first-order chi connectivity index (χ1) is 7.68. The van der Waals surface area contributed by atoms with Crippen LogP contribution in [-0.4, -0.2) is 11.1 Å². The third-order valence-corrected chi connectivity index (χ3v) is 2.28. The number of nitrogens with two attached hydrogens (primary N) is 1. The summed E-state index contributed by atoms with van der Waals surface area (Å²) in [5.74, 6) is -0.397. The Morgan fingerprint density at radius 1 is 1.50 bits per heavy atom. The molecule has 0 aliphatic rings. The zero-order valence-electron chi connectivity index (χ0n) is 8.11. The maximum Gasteiger partial charge on any atom is 0.259 e. The maximum absolute atomic E-state index is 11.8. The summed E-state index contributed by atoms with van der Waals surface area (Å²) in [6.45, 7) is 0. The molecular weight excluding hydrogens is 230 g/mol. The molecule has 0 atom stereocenters. The standard InChI is InChI=1S/C10H8ClN3O2/c11-7-2-1-3-8(12)9(7)10(15)14-6-4-13-16-5-6/h1-5H,12H2,(H,14,15). The SMILES string of the molecule is Nc1cccc(Cl)c1C(=O)Nc1cnoc1. The van der Waals surface area contributed by atoms with Crippen molar-refractivity contribution in [2.75, 3.05) is 11.1 Å². The Hall–Kier alpha value is -2.01. The lowest BCUT2D eigenvalue weighted by atomic mass is 10.1. The molecule has 0 unspecified atom stereocenters. The molecule has 0 aliphatic heterocycles. The van der Waals surface area contributed by atoms with E-state index in [0.29, 0.717) is 16.4 Å². The van der Waals surface area contributed by atoms with Crippen molar-refractivity contribution in [1.29, 1.82) is 0 Å². The molecule has 1 amide bonds. The highest BCUT2D eigenvalue weighted by atomic mass is 35.5. The Kier molecular flexibility index (Phi) is 2.78. The number of anilines is 2. The van der Waals surface area contributed by atoms with Gasteiger partial charge in [0.1, 0.15) is 12.0 Å². The number of nitrogen functional groups attached to an aromatic ring is 1. The third kappa shape index (κ3) is 1.99. The quantitative estimate of drug-likeness (QED) is 0.785. The van der Waals surface area contributed by atoms with Crippen LogP contribution >= 0.6 is 11.6 Å². The van der Waals surface area contributed by atoms with Gasteiger partial charge in [-0.1, -0.05) is 22.8 Å². The van der Waals surface area contributed by atoms with Gasteiger partial charge in [0.15, 0.2) is 0 Å². The van der Waals surface area contributed by atoms with Crippen molar-refractivity contribution in [3.63, 3.8) is 0 Å². The van der Waals surface area contributed by atoms with Crippen molar-refractivity contribution in [3.05, 3.63) is 41.2 Å². The average Bonchev–Trinajstić information content (AvgIpc) is 2.70. The Balaban J connectivity index is 2.28. The van der Waals surface area contributed by atoms with Gasteiger partial charge in [0.25, 0.3) is 5.91 Å². The third-order valence-electron chi connectivity index (χ3n) is 1.96. The van der Waals surface area contributed by atoms with Crippen LogP contribution in [0.4, 0.5) is 11.4 Å². The summed E-state index contributed by atoms with van der Waals surface area (Å²) in [5.41, 5.74) is 6.68. The first-order valence-electron chi connectivity index (χ1n) is 4.43. The van der Waals surface area contributed by atoms with E-state index in [0.717, 1.165) is 0 Å². The van der Waals surface area contributed by atoms with Gasteiger partial charge in [0.05, 0.1) is 16.8 Å². The Morgan fingerprint density at radius 2 is 2.31 bits per heavy atom. The number of benzene rings is 1. The number of nitrogens with zero attached hydrogens (tertiary/aromatic N) is 1. The molecule has 0 spiro atoms. The minimum Gasteiger partial charge on any atom is -0.398 e. The summed E-state index contributed by atoms with van der Waals surface area (Å²) in [7, 11) is 0. The highest BCUT2D eigenvalue weighted by molar-refractivity contribution is 6.35. The molecule has 1 aromatic carbocycles. The molecule has 1 aromatic heterocycles. The second kappa shape index (κ2) is 4.24. The lowest BCUT2D eigenvalue weighted by molar-refractivity contribution is 0.102. The maximum atomic E-state index is 11.8. The van der Waals surface area contributed by atoms with Crippen molar-refractivity contribution in [3.8, 4) is 0 Å². The van der Waals surface area contributed by atoms with Gasteiger partial charge in [-0.2, -0.15) is 0 Å². The fourth-order valence-electron chi connectivity index (χ4n) is 1.24. The van der Waals surface area contributed by atoms with Gasteiger partial charge in [-0.05, 0) is 12.1 Å². The van der Waals surface area contributed by atoms with E-state index in [4.69, 9.17) is 17.3 Å². The Labute approximate surface area is 96.2 Å². The molecule has 3 N–H and O–H groups in total. The molecule has 16 heavy (non-hydrogen) atoms. The first-order valence-corrected chi connectivity index (χ1v) is 4.81. The fraction of sp³-hybridized carbons (Fsp3) is 0. The van der Waals surface area contributed by atoms with Crippen LogP contribution in [0.5, 0.6) is 0 Å². The molecule has 6 heteroatoms. The zero-order valence-corrected chi connectivity index (χ0v) is 8.86. The number of aromatic nitrogens is 1. The molecule has 82 valence electrons. The summed E-state index contributed by atoms with van der Waals surface area (Å²) < 4.78 is 4.58. The molecule has 2 rings (SSSR count). The number of carbonyl (C=O) groups is 1. The predicted octanol–water partition coefficient (Wildman–Crippen LogP) is 2.16. The van der Waals surface area contributed by atoms with E-state index in [-0.39, 0.29) is 5.56 Å². The van der Waals surface area contributed by atoms with Gasteiger partial charge in [0, 0.05) is 5.69 Å². The lowest BCUT2D eigenvalue weighted by Crippen LogP contribution is -2.14. The number of amides is 1. The number of nitrogens with one attached hydrogen (secondary N) is 1. The summed E-state index contributed by atoms with van der Waals surface area (Å²) in [5, 5.41) is 6.32. The Morgan fingerprint density at radius 3 is 2.94 bits per heavy atom. The second-order valence-corrected chi connectivity index (χ2v) is 3.48. The van der Waals surface area contributed by atoms with Crippen molar-refractivity contribution in [1.82, 2.24) is 5.16 Å². The minimum atomic E-state index is -0.397. The van der Waals surface area contributed by atoms with E-state index < -0.39 is 5.91 Å². The summed E-state index contributed by atoms with van der Waals surface area (Å²) in [6.07, 6.45) is 2.69. The number of hydrogen-bond acceptors (Lipinski definition) is 4. The van der Waals surface area contributed by atoms with Gasteiger partial charge in [-0.25, -0.2) is 0 Å². The van der Waals surface area contributed by atoms with E-state index in [9.17, 15) is 4.79 Å². The molecule has 0 fully saturated rings. The van der Waals surface area contributed by atoms with Gasteiger partial charge in [0.2, 0.25) is 0 Å². The molecule has 0 saturated heterocycles. The summed E-state index contributed by atoms with van der Waals surface area (Å²) in [4.78, 5) is 11.8. The first kappa shape index (κ1) is 10.5. The van der Waals surface area contributed by atoms with Crippen LogP contribution in [-0.2, 0) is 0 Å². The predicted molar refractivity (Wildman–Crippen MR) is 60.3 cm³/mol. The summed E-state index contributed by atoms with van der Waals surface area (Å²) in [6, 6.07) is 4.88. The van der Waals surface area contributed by atoms with Crippen molar-refractivity contribution >= 4 is 28.9 Å². The van der Waals surface area contributed by atoms with E-state index in [1.165, 1.54) is 12.5 Å². The van der Waals surface area contributed by atoms with Crippen molar-refractivity contribution in [2.24, 2.45) is 0 Å². The molecule has 0 aliphatic carbocycles. The highest BCUT2D eigenvalue weighted by Gasteiger charge is 2.14. The van der Waals surface area contributed by atoms with Crippen LogP contribution in [0.3, 0.4) is 0 Å². The smallest absolute Gasteiger partial charge is 0.259 e. The number of carbonyl (C=O) groups excluding carboxylic acids is 1. The molecule has 2 aromatic rings. The molecular formula is C10H8ClN3O2. The molecule has 1 heterocycles. The van der Waals surface area contributed by atoms with E-state index in [2.05, 4.69) is 15.0 Å². The van der Waals surface area contributed by atoms with Gasteiger partial charge < -0.3 is 15.6 Å². The number of hydrogen-bond donors (Lipinski definition) is 2. The minimum absolute atomic E-state index is 0.241. The molecule has 0 bridgehead atoms. The molecule has 5 nitrogen and oxygen atoms in total. The topological polar surface area (TPSA) is 81.2 Å². The van der Waals surface area contributed by atoms with Gasteiger partial charge >= 0.3 is 0 Å². The molecule has 0 radical (unpaired) electrons.